The molecule has 5 nitrogen and oxygen atoms in total. The zero-order valence-corrected chi connectivity index (χ0v) is 9.00. The number of aromatic nitrogens is 2. The van der Waals surface area contributed by atoms with Crippen LogP contribution < -0.4 is 5.56 Å². The van der Waals surface area contributed by atoms with E-state index in [4.69, 9.17) is 5.11 Å². The van der Waals surface area contributed by atoms with Gasteiger partial charge in [0, 0.05) is 12.6 Å². The molecule has 1 heterocycles. The summed E-state index contributed by atoms with van der Waals surface area (Å²) in [5, 5.41) is 8.63. The molecule has 1 aromatic heterocycles. The molecule has 0 aliphatic heterocycles. The molecule has 0 aliphatic rings. The molecule has 1 aromatic rings. The van der Waals surface area contributed by atoms with Gasteiger partial charge in [0.1, 0.15) is 11.4 Å². The number of carboxylic acid groups (broad SMARTS) is 1. The van der Waals surface area contributed by atoms with Crippen LogP contribution in [0.1, 0.15) is 37.0 Å². The van der Waals surface area contributed by atoms with Gasteiger partial charge in [0.25, 0.3) is 5.56 Å². The molecular weight excluding hydrogens is 196 g/mol. The number of aromatic carboxylic acids is 1. The number of hydrogen-bond donors (Lipinski definition) is 2. The fourth-order valence-electron chi connectivity index (χ4n) is 1.18. The Labute approximate surface area is 87.2 Å². The lowest BCUT2D eigenvalue weighted by Crippen LogP contribution is -2.22. The Bertz CT molecular complexity index is 429. The number of rotatable bonds is 2. The number of aromatic amines is 1. The van der Waals surface area contributed by atoms with E-state index < -0.39 is 11.5 Å². The molecule has 1 rings (SSSR count). The third-order valence-electron chi connectivity index (χ3n) is 1.78. The maximum absolute atomic E-state index is 11.3. The van der Waals surface area contributed by atoms with Gasteiger partial charge >= 0.3 is 5.97 Å². The highest BCUT2D eigenvalue weighted by Gasteiger charge is 2.15. The molecule has 0 atom stereocenters. The Morgan fingerprint density at radius 2 is 2.13 bits per heavy atom. The Kier molecular flexibility index (Phi) is 2.93. The second kappa shape index (κ2) is 3.84. The summed E-state index contributed by atoms with van der Waals surface area (Å²) in [7, 11) is 0. The minimum absolute atomic E-state index is 0.000675. The predicted molar refractivity (Wildman–Crippen MR) is 55.0 cm³/mol. The highest BCUT2D eigenvalue weighted by atomic mass is 16.4. The summed E-state index contributed by atoms with van der Waals surface area (Å²) < 4.78 is 0. The largest absolute Gasteiger partial charge is 0.477 e. The van der Waals surface area contributed by atoms with Crippen LogP contribution in [-0.4, -0.2) is 21.0 Å². The van der Waals surface area contributed by atoms with Gasteiger partial charge in [-0.15, -0.1) is 0 Å². The lowest BCUT2D eigenvalue weighted by Gasteiger charge is -2.16. The SMILES string of the molecule is CC(C)(C)Cc1ncc(C(=O)O)c(=O)[nH]1. The van der Waals surface area contributed by atoms with E-state index >= 15 is 0 Å². The zero-order chi connectivity index (χ0) is 11.6. The summed E-state index contributed by atoms with van der Waals surface area (Å²) >= 11 is 0. The van der Waals surface area contributed by atoms with Gasteiger partial charge in [-0.05, 0) is 5.41 Å². The first-order chi connectivity index (χ1) is 6.79. The molecule has 0 saturated heterocycles. The third-order valence-corrected chi connectivity index (χ3v) is 1.78. The molecule has 0 unspecified atom stereocenters. The zero-order valence-electron chi connectivity index (χ0n) is 9.00. The second-order valence-electron chi connectivity index (χ2n) is 4.62. The monoisotopic (exact) mass is 210 g/mol. The number of hydrogen-bond acceptors (Lipinski definition) is 3. The topological polar surface area (TPSA) is 83.0 Å². The summed E-state index contributed by atoms with van der Waals surface area (Å²) in [5.41, 5.74) is -0.926. The van der Waals surface area contributed by atoms with Crippen molar-refractivity contribution in [2.24, 2.45) is 5.41 Å². The van der Waals surface area contributed by atoms with Crippen molar-refractivity contribution in [1.29, 1.82) is 0 Å². The summed E-state index contributed by atoms with van der Waals surface area (Å²) in [6.07, 6.45) is 1.70. The number of H-pyrrole nitrogens is 1. The molecule has 2 N–H and O–H groups in total. The van der Waals surface area contributed by atoms with Crippen molar-refractivity contribution in [1.82, 2.24) is 9.97 Å². The molecule has 0 aromatic carbocycles. The Morgan fingerprint density at radius 3 is 2.53 bits per heavy atom. The minimum atomic E-state index is -1.26. The standard InChI is InChI=1S/C10H14N2O3/c1-10(2,3)4-7-11-5-6(9(14)15)8(13)12-7/h5H,4H2,1-3H3,(H,14,15)(H,11,12,13). The number of carbonyl (C=O) groups is 1. The van der Waals surface area contributed by atoms with E-state index in [-0.39, 0.29) is 11.0 Å². The normalized spacial score (nSPS) is 11.4. The van der Waals surface area contributed by atoms with Gasteiger partial charge in [0.2, 0.25) is 0 Å². The summed E-state index contributed by atoms with van der Waals surface area (Å²) in [6.45, 7) is 6.04. The van der Waals surface area contributed by atoms with E-state index in [9.17, 15) is 9.59 Å². The van der Waals surface area contributed by atoms with Crippen LogP contribution in [-0.2, 0) is 6.42 Å². The van der Waals surface area contributed by atoms with Crippen molar-refractivity contribution in [2.75, 3.05) is 0 Å². The van der Waals surface area contributed by atoms with E-state index in [0.717, 1.165) is 6.20 Å². The molecule has 5 heteroatoms. The van der Waals surface area contributed by atoms with Gasteiger partial charge in [-0.1, -0.05) is 20.8 Å². The molecule has 0 bridgehead atoms. The number of nitrogens with one attached hydrogen (secondary N) is 1. The molecule has 0 saturated carbocycles. The fourth-order valence-corrected chi connectivity index (χ4v) is 1.18. The van der Waals surface area contributed by atoms with Crippen LogP contribution in [0.4, 0.5) is 0 Å². The van der Waals surface area contributed by atoms with Gasteiger partial charge in [-0.2, -0.15) is 0 Å². The maximum atomic E-state index is 11.3. The Balaban J connectivity index is 3.03. The smallest absolute Gasteiger partial charge is 0.342 e. The van der Waals surface area contributed by atoms with Gasteiger partial charge < -0.3 is 10.1 Å². The molecule has 0 radical (unpaired) electrons. The van der Waals surface area contributed by atoms with Crippen molar-refractivity contribution >= 4 is 5.97 Å². The number of carboxylic acids is 1. The molecule has 0 spiro atoms. The van der Waals surface area contributed by atoms with Crippen LogP contribution >= 0.6 is 0 Å². The van der Waals surface area contributed by atoms with Gasteiger partial charge in [-0.25, -0.2) is 9.78 Å². The molecule has 0 aliphatic carbocycles. The first-order valence-corrected chi connectivity index (χ1v) is 4.61. The van der Waals surface area contributed by atoms with Gasteiger partial charge in [0.15, 0.2) is 0 Å². The average Bonchev–Trinajstić information content (AvgIpc) is 1.99. The molecule has 82 valence electrons. The Hall–Kier alpha value is -1.65. The summed E-state index contributed by atoms with van der Waals surface area (Å²) in [5.74, 6) is -0.747. The lowest BCUT2D eigenvalue weighted by atomic mass is 9.92. The third kappa shape index (κ3) is 3.19. The van der Waals surface area contributed by atoms with Crippen LogP contribution in [0.2, 0.25) is 0 Å². The predicted octanol–water partition coefficient (Wildman–Crippen LogP) is 1.06. The quantitative estimate of drug-likeness (QED) is 0.764. The average molecular weight is 210 g/mol. The van der Waals surface area contributed by atoms with Crippen LogP contribution in [0.5, 0.6) is 0 Å². The van der Waals surface area contributed by atoms with Gasteiger partial charge in [-0.3, -0.25) is 4.79 Å². The first kappa shape index (κ1) is 11.4. The highest BCUT2D eigenvalue weighted by molar-refractivity contribution is 5.86. The number of nitrogens with zero attached hydrogens (tertiary/aromatic N) is 1. The highest BCUT2D eigenvalue weighted by Crippen LogP contribution is 2.17. The Morgan fingerprint density at radius 1 is 1.53 bits per heavy atom. The van der Waals surface area contributed by atoms with E-state index in [1.54, 1.807) is 0 Å². The molecule has 0 amide bonds. The van der Waals surface area contributed by atoms with Crippen LogP contribution in [0.15, 0.2) is 11.0 Å². The summed E-state index contributed by atoms with van der Waals surface area (Å²) in [6, 6.07) is 0. The molecule has 15 heavy (non-hydrogen) atoms. The summed E-state index contributed by atoms with van der Waals surface area (Å²) in [4.78, 5) is 28.2. The van der Waals surface area contributed by atoms with Crippen molar-refractivity contribution in [3.8, 4) is 0 Å². The minimum Gasteiger partial charge on any atom is -0.477 e. The second-order valence-corrected chi connectivity index (χ2v) is 4.62. The van der Waals surface area contributed by atoms with Crippen molar-refractivity contribution in [2.45, 2.75) is 27.2 Å². The van der Waals surface area contributed by atoms with Crippen LogP contribution in [0.3, 0.4) is 0 Å². The van der Waals surface area contributed by atoms with Crippen molar-refractivity contribution in [3.05, 3.63) is 27.9 Å². The molecule has 0 fully saturated rings. The lowest BCUT2D eigenvalue weighted by molar-refractivity contribution is 0.0694. The van der Waals surface area contributed by atoms with E-state index in [0.29, 0.717) is 12.2 Å². The van der Waals surface area contributed by atoms with E-state index in [2.05, 4.69) is 9.97 Å². The van der Waals surface area contributed by atoms with E-state index in [1.807, 2.05) is 20.8 Å². The maximum Gasteiger partial charge on any atom is 0.342 e. The first-order valence-electron chi connectivity index (χ1n) is 4.61. The molecular formula is C10H14N2O3. The van der Waals surface area contributed by atoms with Crippen LogP contribution in [0, 0.1) is 5.41 Å². The fraction of sp³-hybridized carbons (Fsp3) is 0.500. The van der Waals surface area contributed by atoms with Crippen LogP contribution in [0.25, 0.3) is 0 Å². The van der Waals surface area contributed by atoms with E-state index in [1.165, 1.54) is 0 Å². The van der Waals surface area contributed by atoms with Crippen molar-refractivity contribution in [3.63, 3.8) is 0 Å². The van der Waals surface area contributed by atoms with Crippen molar-refractivity contribution < 1.29 is 9.90 Å². The van der Waals surface area contributed by atoms with Gasteiger partial charge in [0.05, 0.1) is 0 Å².